The van der Waals surface area contributed by atoms with Crippen molar-refractivity contribution in [2.24, 2.45) is 0 Å². The number of aromatic hydroxyl groups is 1. The summed E-state index contributed by atoms with van der Waals surface area (Å²) in [6.45, 7) is 2.38. The van der Waals surface area contributed by atoms with Crippen LogP contribution in [0.15, 0.2) is 41.3 Å². The molecule has 3 N–H and O–H groups in total. The normalized spacial score (nSPS) is 20.9. The molecule has 0 aliphatic carbocycles. The maximum Gasteiger partial charge on any atom is 0.326 e. The Morgan fingerprint density at radius 3 is 2.77 bits per heavy atom. The predicted octanol–water partition coefficient (Wildman–Crippen LogP) is 2.51. The van der Waals surface area contributed by atoms with E-state index in [-0.39, 0.29) is 6.04 Å². The van der Waals surface area contributed by atoms with Gasteiger partial charge in [-0.25, -0.2) is 13.4 Å². The van der Waals surface area contributed by atoms with Crippen LogP contribution < -0.4 is 14.3 Å². The van der Waals surface area contributed by atoms with Gasteiger partial charge in [0.25, 0.3) is 5.91 Å². The Hall–Kier alpha value is -2.30. The zero-order valence-corrected chi connectivity index (χ0v) is 18.6. The van der Waals surface area contributed by atoms with Crippen molar-refractivity contribution in [3.63, 3.8) is 0 Å². The third-order valence-electron chi connectivity index (χ3n) is 5.62. The lowest BCUT2D eigenvalue weighted by molar-refractivity contribution is -0.117. The summed E-state index contributed by atoms with van der Waals surface area (Å²) in [5.74, 6) is -0.952. The summed E-state index contributed by atoms with van der Waals surface area (Å²) in [6, 6.07) is 11.6. The van der Waals surface area contributed by atoms with E-state index in [9.17, 15) is 18.3 Å². The van der Waals surface area contributed by atoms with E-state index >= 15 is 4.39 Å². The van der Waals surface area contributed by atoms with Gasteiger partial charge in [-0.15, -0.1) is 11.8 Å². The molecule has 2 aliphatic rings. The second-order valence-electron chi connectivity index (χ2n) is 7.84. The van der Waals surface area contributed by atoms with Crippen LogP contribution in [0, 0.1) is 5.82 Å². The highest BCUT2D eigenvalue weighted by Crippen LogP contribution is 2.42. The summed E-state index contributed by atoms with van der Waals surface area (Å²) in [7, 11) is -4.21. The van der Waals surface area contributed by atoms with E-state index in [0.717, 1.165) is 13.0 Å². The maximum absolute atomic E-state index is 15.3. The monoisotopic (exact) mass is 465 g/mol. The van der Waals surface area contributed by atoms with Gasteiger partial charge in [0.2, 0.25) is 0 Å². The Morgan fingerprint density at radius 1 is 1.35 bits per heavy atom. The first kappa shape index (κ1) is 21.9. The van der Waals surface area contributed by atoms with E-state index < -0.39 is 39.9 Å². The average Bonchev–Trinajstić information content (AvgIpc) is 3.00. The molecule has 2 aromatic rings. The zero-order chi connectivity index (χ0) is 22.2. The Kier molecular flexibility index (Phi) is 6.14. The molecule has 2 aromatic carbocycles. The smallest absolute Gasteiger partial charge is 0.326 e. The van der Waals surface area contributed by atoms with Crippen molar-refractivity contribution in [3.05, 3.63) is 53.3 Å². The molecular formula is C21H24FN3O4S2. The molecule has 0 radical (unpaired) electrons. The number of hydrogen-bond acceptors (Lipinski definition) is 6. The van der Waals surface area contributed by atoms with Gasteiger partial charge < -0.3 is 10.4 Å². The van der Waals surface area contributed by atoms with Crippen molar-refractivity contribution >= 4 is 33.6 Å². The molecule has 0 spiro atoms. The number of fused-ring (bicyclic) bond motifs is 1. The Morgan fingerprint density at radius 2 is 2.10 bits per heavy atom. The number of thioether (sulfide) groups is 1. The van der Waals surface area contributed by atoms with Crippen LogP contribution >= 0.6 is 11.8 Å². The standard InChI is InChI=1S/C21H24FN3O4S2/c1-13(14-5-3-2-4-6-14)7-8-23-15-9-16-18(30-12-15)10-17(26)21(20(16)22)25-11-19(27)24-31(25,28)29/h2-6,10,13,15,23,26H,7-9,11-12H2,1H3,(H,24,27)/t13?,15-/m0/s1. The summed E-state index contributed by atoms with van der Waals surface area (Å²) in [4.78, 5) is 12.1. The number of phenolic OH excluding ortho intramolecular Hbond substituents is 1. The largest absolute Gasteiger partial charge is 0.506 e. The van der Waals surface area contributed by atoms with E-state index in [1.54, 1.807) is 4.72 Å². The number of phenols is 1. The average molecular weight is 466 g/mol. The molecule has 0 aromatic heterocycles. The fourth-order valence-electron chi connectivity index (χ4n) is 3.92. The third-order valence-corrected chi connectivity index (χ3v) is 8.24. The van der Waals surface area contributed by atoms with Gasteiger partial charge >= 0.3 is 10.2 Å². The highest BCUT2D eigenvalue weighted by molar-refractivity contribution is 7.99. The number of amides is 1. The summed E-state index contributed by atoms with van der Waals surface area (Å²) < 4.78 is 42.0. The number of benzene rings is 2. The highest BCUT2D eigenvalue weighted by Gasteiger charge is 2.39. The lowest BCUT2D eigenvalue weighted by Gasteiger charge is -2.28. The van der Waals surface area contributed by atoms with Crippen LogP contribution in [-0.2, 0) is 21.4 Å². The SMILES string of the molecule is CC(CCN[C@@H]1CSc2cc(O)c(N3CC(=O)NS3(=O)=O)c(F)c2C1)c1ccccc1. The lowest BCUT2D eigenvalue weighted by atomic mass is 9.97. The van der Waals surface area contributed by atoms with Crippen LogP contribution in [-0.4, -0.2) is 44.3 Å². The van der Waals surface area contributed by atoms with Crippen LogP contribution in [0.1, 0.15) is 30.4 Å². The number of nitrogens with zero attached hydrogens (tertiary/aromatic N) is 1. The molecule has 0 saturated carbocycles. The van der Waals surface area contributed by atoms with E-state index in [2.05, 4.69) is 24.4 Å². The molecule has 1 saturated heterocycles. The molecule has 2 heterocycles. The number of nitrogens with one attached hydrogen (secondary N) is 2. The van der Waals surface area contributed by atoms with Gasteiger partial charge in [-0.1, -0.05) is 37.3 Å². The number of rotatable bonds is 6. The Balaban J connectivity index is 1.47. The first-order chi connectivity index (χ1) is 14.8. The summed E-state index contributed by atoms with van der Waals surface area (Å²) in [5.41, 5.74) is 1.15. The van der Waals surface area contributed by atoms with Crippen molar-refractivity contribution in [1.29, 1.82) is 0 Å². The molecule has 1 amide bonds. The number of carbonyl (C=O) groups excluding carboxylic acids is 1. The van der Waals surface area contributed by atoms with E-state index in [4.69, 9.17) is 0 Å². The number of anilines is 1. The quantitative estimate of drug-likeness (QED) is 0.606. The van der Waals surface area contributed by atoms with Gasteiger partial charge in [0, 0.05) is 22.3 Å². The molecule has 7 nitrogen and oxygen atoms in total. The number of hydrogen-bond donors (Lipinski definition) is 3. The molecule has 10 heteroatoms. The van der Waals surface area contributed by atoms with E-state index in [1.165, 1.54) is 23.4 Å². The minimum absolute atomic E-state index is 0.0160. The third kappa shape index (κ3) is 4.51. The van der Waals surface area contributed by atoms with Crippen molar-refractivity contribution in [3.8, 4) is 5.75 Å². The topological polar surface area (TPSA) is 98.7 Å². The van der Waals surface area contributed by atoms with Crippen LogP contribution in [0.25, 0.3) is 0 Å². The number of carbonyl (C=O) groups is 1. The molecule has 1 unspecified atom stereocenters. The van der Waals surface area contributed by atoms with Crippen LogP contribution in [0.3, 0.4) is 0 Å². The minimum atomic E-state index is -4.21. The molecule has 2 atom stereocenters. The van der Waals surface area contributed by atoms with Crippen LogP contribution in [0.5, 0.6) is 5.75 Å². The number of halogens is 1. The molecule has 31 heavy (non-hydrogen) atoms. The molecule has 166 valence electrons. The Labute approximate surface area is 185 Å². The van der Waals surface area contributed by atoms with Crippen molar-refractivity contribution in [2.45, 2.75) is 36.6 Å². The lowest BCUT2D eigenvalue weighted by Crippen LogP contribution is -2.37. The fourth-order valence-corrected chi connectivity index (χ4v) is 6.25. The second-order valence-corrected chi connectivity index (χ2v) is 10.5. The van der Waals surface area contributed by atoms with Crippen molar-refractivity contribution < 1.29 is 22.7 Å². The van der Waals surface area contributed by atoms with Gasteiger partial charge in [0.05, 0.1) is 0 Å². The maximum atomic E-state index is 15.3. The minimum Gasteiger partial charge on any atom is -0.506 e. The summed E-state index contributed by atoms with van der Waals surface area (Å²) >= 11 is 1.42. The van der Waals surface area contributed by atoms with Gasteiger partial charge in [0.1, 0.15) is 18.0 Å². The summed E-state index contributed by atoms with van der Waals surface area (Å²) in [5, 5.41) is 13.8. The molecule has 4 rings (SSSR count). The van der Waals surface area contributed by atoms with E-state index in [1.807, 2.05) is 18.2 Å². The molecule has 0 bridgehead atoms. The van der Waals surface area contributed by atoms with Gasteiger partial charge in [-0.3, -0.25) is 4.79 Å². The first-order valence-corrected chi connectivity index (χ1v) is 12.5. The van der Waals surface area contributed by atoms with Gasteiger partial charge in [-0.05, 0) is 36.9 Å². The van der Waals surface area contributed by atoms with Gasteiger partial charge in [0.15, 0.2) is 5.82 Å². The van der Waals surface area contributed by atoms with Crippen LogP contribution in [0.2, 0.25) is 0 Å². The molecule has 1 fully saturated rings. The van der Waals surface area contributed by atoms with Crippen molar-refractivity contribution in [1.82, 2.24) is 10.0 Å². The second kappa shape index (κ2) is 8.68. The van der Waals surface area contributed by atoms with Crippen LogP contribution in [0.4, 0.5) is 10.1 Å². The highest BCUT2D eigenvalue weighted by atomic mass is 32.2. The van der Waals surface area contributed by atoms with Crippen molar-refractivity contribution in [2.75, 3.05) is 23.1 Å². The fraction of sp³-hybridized carbons (Fsp3) is 0.381. The molecule has 2 aliphatic heterocycles. The zero-order valence-electron chi connectivity index (χ0n) is 17.0. The predicted molar refractivity (Wildman–Crippen MR) is 118 cm³/mol. The van der Waals surface area contributed by atoms with E-state index in [0.29, 0.717) is 32.9 Å². The summed E-state index contributed by atoms with van der Waals surface area (Å²) in [6.07, 6.45) is 1.30. The molecular weight excluding hydrogens is 441 g/mol. The first-order valence-electron chi connectivity index (χ1n) is 10.0. The van der Waals surface area contributed by atoms with Gasteiger partial charge in [-0.2, -0.15) is 8.42 Å². The Bertz CT molecular complexity index is 1100.